The largest absolute Gasteiger partial charge is 0.323 e. The molecule has 1 saturated heterocycles. The molecule has 0 spiro atoms. The van der Waals surface area contributed by atoms with E-state index < -0.39 is 10.0 Å². The Hall–Kier alpha value is -2.73. The van der Waals surface area contributed by atoms with E-state index in [0.717, 1.165) is 4.90 Å². The summed E-state index contributed by atoms with van der Waals surface area (Å²) in [6.07, 6.45) is 0. The molecule has 0 saturated carbocycles. The van der Waals surface area contributed by atoms with Gasteiger partial charge in [0.05, 0.1) is 42.3 Å². The number of rotatable bonds is 5. The summed E-state index contributed by atoms with van der Waals surface area (Å²) in [6.45, 7) is 3.63. The van der Waals surface area contributed by atoms with Gasteiger partial charge >= 0.3 is 0 Å². The molecule has 1 aliphatic rings. The average Bonchev–Trinajstić information content (AvgIpc) is 2.74. The molecule has 0 unspecified atom stereocenters. The lowest BCUT2D eigenvalue weighted by Crippen LogP contribution is -3.19. The van der Waals surface area contributed by atoms with Gasteiger partial charge in [0.25, 0.3) is 5.91 Å². The summed E-state index contributed by atoms with van der Waals surface area (Å²) in [5.41, 5.74) is 0.906. The first-order valence-electron chi connectivity index (χ1n) is 9.13. The smallest absolute Gasteiger partial charge is 0.282 e. The fourth-order valence-electron chi connectivity index (χ4n) is 3.30. The zero-order valence-corrected chi connectivity index (χ0v) is 16.4. The van der Waals surface area contributed by atoms with Crippen LogP contribution < -0.4 is 10.2 Å². The number of amides is 1. The Kier molecular flexibility index (Phi) is 6.09. The fourth-order valence-corrected chi connectivity index (χ4v) is 4.77. The quantitative estimate of drug-likeness (QED) is 0.764. The van der Waals surface area contributed by atoms with Gasteiger partial charge in [-0.25, -0.2) is 8.42 Å². The minimum atomic E-state index is -3.51. The highest BCUT2D eigenvalue weighted by molar-refractivity contribution is 7.89. The molecule has 2 aromatic rings. The number of nitrogens with zero attached hydrogens (tertiary/aromatic N) is 2. The van der Waals surface area contributed by atoms with Crippen molar-refractivity contribution < 1.29 is 18.1 Å². The molecule has 0 aromatic heterocycles. The first-order valence-corrected chi connectivity index (χ1v) is 10.6. The van der Waals surface area contributed by atoms with Gasteiger partial charge in [0.1, 0.15) is 6.07 Å². The zero-order chi connectivity index (χ0) is 20.1. The Morgan fingerprint density at radius 3 is 2.36 bits per heavy atom. The highest BCUT2D eigenvalue weighted by Crippen LogP contribution is 2.15. The van der Waals surface area contributed by atoms with Crippen molar-refractivity contribution in [3.05, 3.63) is 60.2 Å². The van der Waals surface area contributed by atoms with Gasteiger partial charge in [-0.05, 0) is 31.2 Å². The molecule has 3 rings (SSSR count). The van der Waals surface area contributed by atoms with Crippen LogP contribution in [0.5, 0.6) is 0 Å². The number of nitriles is 1. The second-order valence-corrected chi connectivity index (χ2v) is 8.68. The number of nitrogens with one attached hydrogen (secondary N) is 2. The average molecular weight is 399 g/mol. The second-order valence-electron chi connectivity index (χ2n) is 6.74. The van der Waals surface area contributed by atoms with Gasteiger partial charge in [0, 0.05) is 0 Å². The molecular weight excluding hydrogens is 376 g/mol. The number of benzene rings is 2. The van der Waals surface area contributed by atoms with E-state index in [1.165, 1.54) is 4.31 Å². The maximum Gasteiger partial charge on any atom is 0.282 e. The van der Waals surface area contributed by atoms with Gasteiger partial charge in [-0.15, -0.1) is 0 Å². The van der Waals surface area contributed by atoms with Crippen LogP contribution in [0.4, 0.5) is 5.69 Å². The third kappa shape index (κ3) is 4.22. The SMILES string of the molecule is C[C@H](C(=O)Nc1ccccc1C#N)[NH+]1CCN(S(=O)(=O)c2ccccc2)CC1. The number of carbonyl (C=O) groups excluding carboxylic acids is 1. The van der Waals surface area contributed by atoms with E-state index in [4.69, 9.17) is 5.26 Å². The Balaban J connectivity index is 1.61. The molecular formula is C20H23N4O3S+. The van der Waals surface area contributed by atoms with Crippen molar-refractivity contribution in [3.8, 4) is 6.07 Å². The Morgan fingerprint density at radius 2 is 1.71 bits per heavy atom. The molecule has 2 aromatic carbocycles. The zero-order valence-electron chi connectivity index (χ0n) is 15.6. The summed E-state index contributed by atoms with van der Waals surface area (Å²) in [5.74, 6) is -0.183. The molecule has 8 heteroatoms. The molecule has 1 atom stereocenters. The molecule has 0 bridgehead atoms. The predicted molar refractivity (Wildman–Crippen MR) is 105 cm³/mol. The van der Waals surface area contributed by atoms with Crippen LogP contribution in [0.2, 0.25) is 0 Å². The van der Waals surface area contributed by atoms with E-state index in [0.29, 0.717) is 37.4 Å². The lowest BCUT2D eigenvalue weighted by Gasteiger charge is -2.34. The predicted octanol–water partition coefficient (Wildman–Crippen LogP) is 0.475. The molecule has 7 nitrogen and oxygen atoms in total. The number of para-hydroxylation sites is 1. The second kappa shape index (κ2) is 8.52. The number of piperazine rings is 1. The third-order valence-electron chi connectivity index (χ3n) is 5.06. The molecule has 1 amide bonds. The summed E-state index contributed by atoms with van der Waals surface area (Å²) in [7, 11) is -3.51. The minimum Gasteiger partial charge on any atom is -0.323 e. The Labute approximate surface area is 165 Å². The van der Waals surface area contributed by atoms with Gasteiger partial charge in [-0.3, -0.25) is 4.79 Å². The number of carbonyl (C=O) groups is 1. The Bertz CT molecular complexity index is 978. The maximum absolute atomic E-state index is 12.7. The molecule has 1 heterocycles. The summed E-state index contributed by atoms with van der Waals surface area (Å²) in [4.78, 5) is 13.9. The van der Waals surface area contributed by atoms with E-state index in [1.54, 1.807) is 54.6 Å². The summed E-state index contributed by atoms with van der Waals surface area (Å²) in [5, 5.41) is 12.0. The van der Waals surface area contributed by atoms with Crippen LogP contribution in [0.1, 0.15) is 12.5 Å². The highest BCUT2D eigenvalue weighted by atomic mass is 32.2. The van der Waals surface area contributed by atoms with E-state index in [-0.39, 0.29) is 16.8 Å². The van der Waals surface area contributed by atoms with Crippen LogP contribution in [0.3, 0.4) is 0 Å². The lowest BCUT2D eigenvalue weighted by atomic mass is 10.1. The van der Waals surface area contributed by atoms with Gasteiger partial charge in [0.2, 0.25) is 10.0 Å². The van der Waals surface area contributed by atoms with Gasteiger partial charge in [0.15, 0.2) is 6.04 Å². The van der Waals surface area contributed by atoms with Gasteiger partial charge in [-0.2, -0.15) is 9.57 Å². The molecule has 1 aliphatic heterocycles. The van der Waals surface area contributed by atoms with Gasteiger partial charge < -0.3 is 10.2 Å². The maximum atomic E-state index is 12.7. The van der Waals surface area contributed by atoms with Gasteiger partial charge in [-0.1, -0.05) is 30.3 Å². The minimum absolute atomic E-state index is 0.183. The molecule has 146 valence electrons. The summed E-state index contributed by atoms with van der Waals surface area (Å²) < 4.78 is 26.9. The summed E-state index contributed by atoms with van der Waals surface area (Å²) >= 11 is 0. The van der Waals surface area contributed by atoms with Crippen molar-refractivity contribution in [1.29, 1.82) is 5.26 Å². The third-order valence-corrected chi connectivity index (χ3v) is 6.97. The molecule has 1 fully saturated rings. The Morgan fingerprint density at radius 1 is 1.11 bits per heavy atom. The first kappa shape index (κ1) is 20.0. The van der Waals surface area contributed by atoms with E-state index in [1.807, 2.05) is 6.92 Å². The summed E-state index contributed by atoms with van der Waals surface area (Å²) in [6, 6.07) is 17.0. The topological polar surface area (TPSA) is 94.7 Å². The van der Waals surface area contributed by atoms with Crippen molar-refractivity contribution in [3.63, 3.8) is 0 Å². The van der Waals surface area contributed by atoms with Crippen molar-refractivity contribution >= 4 is 21.6 Å². The van der Waals surface area contributed by atoms with E-state index in [2.05, 4.69) is 11.4 Å². The normalized spacial score (nSPS) is 16.9. The van der Waals surface area contributed by atoms with Crippen LogP contribution in [-0.2, 0) is 14.8 Å². The molecule has 0 radical (unpaired) electrons. The van der Waals surface area contributed by atoms with Crippen LogP contribution in [0.25, 0.3) is 0 Å². The molecule has 28 heavy (non-hydrogen) atoms. The monoisotopic (exact) mass is 399 g/mol. The number of anilines is 1. The van der Waals surface area contributed by atoms with Crippen LogP contribution in [-0.4, -0.2) is 50.9 Å². The van der Waals surface area contributed by atoms with Crippen LogP contribution in [0, 0.1) is 11.3 Å². The number of hydrogen-bond acceptors (Lipinski definition) is 4. The molecule has 2 N–H and O–H groups in total. The first-order chi connectivity index (χ1) is 13.4. The fraction of sp³-hybridized carbons (Fsp3) is 0.300. The van der Waals surface area contributed by atoms with Crippen molar-refractivity contribution in [2.24, 2.45) is 0 Å². The van der Waals surface area contributed by atoms with E-state index >= 15 is 0 Å². The number of quaternary nitrogens is 1. The number of hydrogen-bond donors (Lipinski definition) is 2. The van der Waals surface area contributed by atoms with Crippen molar-refractivity contribution in [1.82, 2.24) is 4.31 Å². The van der Waals surface area contributed by atoms with Crippen molar-refractivity contribution in [2.45, 2.75) is 17.9 Å². The van der Waals surface area contributed by atoms with Crippen LogP contribution in [0.15, 0.2) is 59.5 Å². The number of sulfonamides is 1. The van der Waals surface area contributed by atoms with E-state index in [9.17, 15) is 13.2 Å². The highest BCUT2D eigenvalue weighted by Gasteiger charge is 2.34. The molecule has 0 aliphatic carbocycles. The standard InChI is InChI=1S/C20H22N4O3S/c1-16(20(25)22-19-10-6-5-7-17(19)15-21)23-11-13-24(14-12-23)28(26,27)18-8-3-2-4-9-18/h2-10,16H,11-14H2,1H3,(H,22,25)/p+1/t16-/m1/s1. The van der Waals surface area contributed by atoms with Crippen molar-refractivity contribution in [2.75, 3.05) is 31.5 Å². The van der Waals surface area contributed by atoms with Crippen LogP contribution >= 0.6 is 0 Å². The lowest BCUT2D eigenvalue weighted by molar-refractivity contribution is -0.917.